The standard InChI is InChI=1S/C18H12F6N2O2S2/c1-7-11(15(27)28-2)12(13-14(25-7)26-16(29-3)30-13)8-4-9(17(19,20)21)6-10(5-8)18(22,23)24/h4-6H,1-3H3. The van der Waals surface area contributed by atoms with Gasteiger partial charge in [-0.25, -0.2) is 14.8 Å². The molecule has 0 radical (unpaired) electrons. The number of alkyl halides is 6. The van der Waals surface area contributed by atoms with Gasteiger partial charge in [0.15, 0.2) is 9.99 Å². The van der Waals surface area contributed by atoms with E-state index in [4.69, 9.17) is 4.74 Å². The number of ether oxygens (including phenoxy) is 1. The summed E-state index contributed by atoms with van der Waals surface area (Å²) < 4.78 is 85.5. The topological polar surface area (TPSA) is 52.1 Å². The number of hydrogen-bond donors (Lipinski definition) is 0. The summed E-state index contributed by atoms with van der Waals surface area (Å²) in [6, 6.07) is 1.19. The zero-order valence-corrected chi connectivity index (χ0v) is 17.2. The van der Waals surface area contributed by atoms with Gasteiger partial charge in [-0.1, -0.05) is 11.8 Å². The van der Waals surface area contributed by atoms with Crippen LogP contribution in [-0.4, -0.2) is 29.3 Å². The molecule has 30 heavy (non-hydrogen) atoms. The maximum absolute atomic E-state index is 13.3. The third-order valence-corrected chi connectivity index (χ3v) is 6.19. The lowest BCUT2D eigenvalue weighted by Crippen LogP contribution is -2.12. The van der Waals surface area contributed by atoms with Gasteiger partial charge in [0, 0.05) is 5.56 Å². The first kappa shape index (κ1) is 22.3. The van der Waals surface area contributed by atoms with E-state index in [1.165, 1.54) is 18.7 Å². The number of fused-ring (bicyclic) bond motifs is 1. The van der Waals surface area contributed by atoms with Crippen molar-refractivity contribution >= 4 is 39.4 Å². The van der Waals surface area contributed by atoms with Gasteiger partial charge in [0.25, 0.3) is 0 Å². The van der Waals surface area contributed by atoms with Gasteiger partial charge < -0.3 is 4.74 Å². The van der Waals surface area contributed by atoms with E-state index in [9.17, 15) is 31.1 Å². The molecule has 2 heterocycles. The van der Waals surface area contributed by atoms with Crippen LogP contribution in [0.1, 0.15) is 27.2 Å². The normalized spacial score (nSPS) is 12.4. The third-order valence-electron chi connectivity index (χ3n) is 4.14. The Kier molecular flexibility index (Phi) is 5.76. The zero-order valence-electron chi connectivity index (χ0n) is 15.5. The number of hydrogen-bond acceptors (Lipinski definition) is 6. The van der Waals surface area contributed by atoms with Crippen molar-refractivity contribution in [2.75, 3.05) is 13.4 Å². The minimum atomic E-state index is -5.03. The Bertz CT molecular complexity index is 1110. The van der Waals surface area contributed by atoms with Crippen molar-refractivity contribution in [1.82, 2.24) is 9.97 Å². The van der Waals surface area contributed by atoms with Crippen LogP contribution in [0, 0.1) is 6.92 Å². The van der Waals surface area contributed by atoms with Crippen LogP contribution in [0.3, 0.4) is 0 Å². The fraction of sp³-hybridized carbons (Fsp3) is 0.278. The molecule has 0 aliphatic carbocycles. The van der Waals surface area contributed by atoms with Crippen molar-refractivity contribution in [3.63, 3.8) is 0 Å². The highest BCUT2D eigenvalue weighted by Crippen LogP contribution is 2.43. The fourth-order valence-electron chi connectivity index (χ4n) is 2.85. The average Bonchev–Trinajstić information content (AvgIpc) is 3.07. The van der Waals surface area contributed by atoms with Gasteiger partial charge >= 0.3 is 18.3 Å². The van der Waals surface area contributed by atoms with E-state index in [0.717, 1.165) is 18.4 Å². The summed E-state index contributed by atoms with van der Waals surface area (Å²) in [5, 5.41) is 0. The van der Waals surface area contributed by atoms with Crippen LogP contribution in [0.4, 0.5) is 26.3 Å². The van der Waals surface area contributed by atoms with Crippen LogP contribution in [0.2, 0.25) is 0 Å². The minimum Gasteiger partial charge on any atom is -0.465 e. The Hall–Kier alpha value is -2.34. The highest BCUT2D eigenvalue weighted by Gasteiger charge is 2.38. The van der Waals surface area contributed by atoms with Crippen molar-refractivity contribution in [3.8, 4) is 11.1 Å². The molecule has 0 fully saturated rings. The summed E-state index contributed by atoms with van der Waals surface area (Å²) in [5.41, 5.74) is -3.54. The van der Waals surface area contributed by atoms with E-state index in [-0.39, 0.29) is 33.2 Å². The molecular weight excluding hydrogens is 454 g/mol. The molecule has 12 heteroatoms. The van der Waals surface area contributed by atoms with Crippen LogP contribution in [0.15, 0.2) is 22.5 Å². The maximum atomic E-state index is 13.3. The fourth-order valence-corrected chi connectivity index (χ4v) is 4.43. The molecule has 2 aromatic heterocycles. The van der Waals surface area contributed by atoms with Gasteiger partial charge in [-0.3, -0.25) is 0 Å². The summed E-state index contributed by atoms with van der Waals surface area (Å²) >= 11 is 2.25. The van der Waals surface area contributed by atoms with E-state index in [1.54, 1.807) is 6.26 Å². The highest BCUT2D eigenvalue weighted by molar-refractivity contribution is 8.00. The second-order valence-electron chi connectivity index (χ2n) is 6.07. The van der Waals surface area contributed by atoms with Crippen molar-refractivity contribution in [2.45, 2.75) is 23.6 Å². The summed E-state index contributed by atoms with van der Waals surface area (Å²) in [6.45, 7) is 1.41. The lowest BCUT2D eigenvalue weighted by Gasteiger charge is -2.17. The number of esters is 1. The number of thiazole rings is 1. The number of methoxy groups -OCH3 is 1. The molecule has 1 aromatic carbocycles. The average molecular weight is 466 g/mol. The molecule has 0 amide bonds. The van der Waals surface area contributed by atoms with E-state index >= 15 is 0 Å². The van der Waals surface area contributed by atoms with E-state index in [1.807, 2.05) is 0 Å². The predicted molar refractivity (Wildman–Crippen MR) is 101 cm³/mol. The number of nitrogens with zero attached hydrogens (tertiary/aromatic N) is 2. The molecule has 0 atom stereocenters. The second kappa shape index (κ2) is 7.73. The molecular formula is C18H12F6N2O2S2. The maximum Gasteiger partial charge on any atom is 0.416 e. The number of benzene rings is 1. The number of aromatic nitrogens is 2. The molecule has 0 N–H and O–H groups in total. The van der Waals surface area contributed by atoms with Crippen molar-refractivity contribution in [3.05, 3.63) is 40.6 Å². The Morgan fingerprint density at radius 3 is 2.07 bits per heavy atom. The Morgan fingerprint density at radius 2 is 1.60 bits per heavy atom. The van der Waals surface area contributed by atoms with Crippen LogP contribution < -0.4 is 0 Å². The summed E-state index contributed by atoms with van der Waals surface area (Å²) in [7, 11) is 1.06. The first-order valence-electron chi connectivity index (χ1n) is 8.10. The molecule has 3 rings (SSSR count). The lowest BCUT2D eigenvalue weighted by atomic mass is 9.95. The Balaban J connectivity index is 2.48. The number of rotatable bonds is 3. The van der Waals surface area contributed by atoms with Gasteiger partial charge in [-0.2, -0.15) is 26.3 Å². The van der Waals surface area contributed by atoms with Gasteiger partial charge in [-0.05, 0) is 36.9 Å². The summed E-state index contributed by atoms with van der Waals surface area (Å²) in [5.74, 6) is -0.929. The number of carbonyl (C=O) groups excluding carboxylic acids is 1. The molecule has 0 bridgehead atoms. The second-order valence-corrected chi connectivity index (χ2v) is 8.12. The smallest absolute Gasteiger partial charge is 0.416 e. The zero-order chi connectivity index (χ0) is 22.4. The number of aryl methyl sites for hydroxylation is 1. The molecule has 0 aliphatic heterocycles. The third kappa shape index (κ3) is 4.10. The van der Waals surface area contributed by atoms with Crippen LogP contribution in [0.5, 0.6) is 0 Å². The van der Waals surface area contributed by atoms with Gasteiger partial charge in [0.2, 0.25) is 0 Å². The molecule has 0 unspecified atom stereocenters. The van der Waals surface area contributed by atoms with Crippen LogP contribution in [0.25, 0.3) is 21.5 Å². The SMILES string of the molecule is COC(=O)c1c(C)nc2nc(SC)sc2c1-c1cc(C(F)(F)F)cc(C(F)(F)F)c1. The van der Waals surface area contributed by atoms with E-state index < -0.39 is 35.0 Å². The van der Waals surface area contributed by atoms with Gasteiger partial charge in [0.1, 0.15) is 0 Å². The largest absolute Gasteiger partial charge is 0.465 e. The van der Waals surface area contributed by atoms with Crippen molar-refractivity contribution < 1.29 is 35.9 Å². The van der Waals surface area contributed by atoms with Crippen molar-refractivity contribution in [2.24, 2.45) is 0 Å². The predicted octanol–water partition coefficient (Wildman–Crippen LogP) is 6.21. The van der Waals surface area contributed by atoms with Gasteiger partial charge in [-0.15, -0.1) is 11.3 Å². The van der Waals surface area contributed by atoms with Crippen molar-refractivity contribution in [1.29, 1.82) is 0 Å². The Labute approximate surface area is 174 Å². The number of carbonyl (C=O) groups is 1. The first-order chi connectivity index (χ1) is 13.9. The summed E-state index contributed by atoms with van der Waals surface area (Å²) in [6.07, 6.45) is -8.35. The number of thioether (sulfide) groups is 1. The first-order valence-corrected chi connectivity index (χ1v) is 10.1. The van der Waals surface area contributed by atoms with Gasteiger partial charge in [0.05, 0.1) is 34.2 Å². The highest BCUT2D eigenvalue weighted by atomic mass is 32.2. The van der Waals surface area contributed by atoms with E-state index in [0.29, 0.717) is 16.5 Å². The molecule has 4 nitrogen and oxygen atoms in total. The van der Waals surface area contributed by atoms with E-state index in [2.05, 4.69) is 9.97 Å². The minimum absolute atomic E-state index is 0.0343. The lowest BCUT2D eigenvalue weighted by molar-refractivity contribution is -0.143. The molecule has 0 saturated carbocycles. The quantitative estimate of drug-likeness (QED) is 0.261. The molecule has 3 aromatic rings. The Morgan fingerprint density at radius 1 is 1.03 bits per heavy atom. The number of halogens is 6. The van der Waals surface area contributed by atoms with Crippen LogP contribution >= 0.6 is 23.1 Å². The monoisotopic (exact) mass is 466 g/mol. The molecule has 0 saturated heterocycles. The molecule has 0 aliphatic rings. The molecule has 0 spiro atoms. The number of pyridine rings is 1. The molecule has 160 valence electrons. The summed E-state index contributed by atoms with van der Waals surface area (Å²) in [4.78, 5) is 20.8. The van der Waals surface area contributed by atoms with Crippen LogP contribution in [-0.2, 0) is 17.1 Å².